The van der Waals surface area contributed by atoms with Gasteiger partial charge in [-0.25, -0.2) is 13.2 Å². The summed E-state index contributed by atoms with van der Waals surface area (Å²) in [5, 5.41) is 5.73. The van der Waals surface area contributed by atoms with Gasteiger partial charge in [-0.15, -0.1) is 0 Å². The van der Waals surface area contributed by atoms with Crippen molar-refractivity contribution >= 4 is 21.7 Å². The predicted octanol–water partition coefficient (Wildman–Crippen LogP) is 3.86. The largest absolute Gasteiger partial charge is 0.338 e. The molecule has 2 amide bonds. The first kappa shape index (κ1) is 21.3. The molecule has 1 heterocycles. The van der Waals surface area contributed by atoms with Crippen molar-refractivity contribution in [2.75, 3.05) is 25.0 Å². The van der Waals surface area contributed by atoms with Crippen molar-refractivity contribution in [2.24, 2.45) is 5.92 Å². The first-order valence-electron chi connectivity index (χ1n) is 10.2. The summed E-state index contributed by atoms with van der Waals surface area (Å²) >= 11 is 0. The lowest BCUT2D eigenvalue weighted by Gasteiger charge is -2.31. The van der Waals surface area contributed by atoms with Gasteiger partial charge in [-0.3, -0.25) is 0 Å². The number of urea groups is 1. The highest BCUT2D eigenvalue weighted by atomic mass is 32.2. The summed E-state index contributed by atoms with van der Waals surface area (Å²) in [6.45, 7) is 3.72. The highest BCUT2D eigenvalue weighted by molar-refractivity contribution is 7.89. The minimum atomic E-state index is -3.41. The van der Waals surface area contributed by atoms with E-state index < -0.39 is 10.0 Å². The maximum atomic E-state index is 12.7. The fraction of sp³-hybridized carbons (Fsp3) is 0.409. The fourth-order valence-electron chi connectivity index (χ4n) is 3.57. The molecule has 156 valence electrons. The van der Waals surface area contributed by atoms with Crippen LogP contribution < -0.4 is 10.6 Å². The highest BCUT2D eigenvalue weighted by Gasteiger charge is 2.29. The van der Waals surface area contributed by atoms with Crippen LogP contribution in [0.4, 0.5) is 10.5 Å². The maximum absolute atomic E-state index is 12.7. The Morgan fingerprint density at radius 2 is 1.69 bits per heavy atom. The number of rotatable bonds is 7. The van der Waals surface area contributed by atoms with E-state index >= 15 is 0 Å². The van der Waals surface area contributed by atoms with Gasteiger partial charge in [-0.2, -0.15) is 4.31 Å². The zero-order valence-electron chi connectivity index (χ0n) is 16.8. The number of hydrogen-bond acceptors (Lipinski definition) is 3. The quantitative estimate of drug-likeness (QED) is 0.721. The van der Waals surface area contributed by atoms with E-state index in [1.165, 1.54) is 5.56 Å². The Labute approximate surface area is 173 Å². The van der Waals surface area contributed by atoms with Gasteiger partial charge in [0.25, 0.3) is 0 Å². The van der Waals surface area contributed by atoms with E-state index in [-0.39, 0.29) is 6.03 Å². The lowest BCUT2D eigenvalue weighted by molar-refractivity contribution is 0.245. The number of carbonyl (C=O) groups excluding carboxylic acids is 1. The molecular formula is C22H29N3O3S. The lowest BCUT2D eigenvalue weighted by atomic mass is 9.95. The molecule has 0 aromatic heterocycles. The summed E-state index contributed by atoms with van der Waals surface area (Å²) in [6.07, 6.45) is 3.45. The van der Waals surface area contributed by atoms with Crippen LogP contribution in [-0.2, 0) is 16.4 Å². The van der Waals surface area contributed by atoms with Gasteiger partial charge in [-0.05, 0) is 61.4 Å². The topological polar surface area (TPSA) is 78.5 Å². The van der Waals surface area contributed by atoms with E-state index in [0.717, 1.165) is 31.4 Å². The molecule has 3 rings (SSSR count). The summed E-state index contributed by atoms with van der Waals surface area (Å²) < 4.78 is 26.9. The van der Waals surface area contributed by atoms with Gasteiger partial charge < -0.3 is 10.6 Å². The third-order valence-corrected chi connectivity index (χ3v) is 7.33. The molecular weight excluding hydrogens is 386 g/mol. The zero-order chi connectivity index (χ0) is 20.7. The molecule has 7 heteroatoms. The Morgan fingerprint density at radius 1 is 1.03 bits per heavy atom. The number of hydrogen-bond donors (Lipinski definition) is 2. The van der Waals surface area contributed by atoms with E-state index in [9.17, 15) is 13.2 Å². The average Bonchev–Trinajstić information content (AvgIpc) is 2.75. The lowest BCUT2D eigenvalue weighted by Crippen LogP contribution is -2.39. The fourth-order valence-corrected chi connectivity index (χ4v) is 5.06. The standard InChI is InChI=1S/C22H29N3O3S/c1-2-18-8-10-20(11-9-18)24-22(26)23-15-12-19-13-16-25(17-14-19)29(27,28)21-6-4-3-5-7-21/h3-11,19H,2,12-17H2,1H3,(H2,23,24,26). The third-order valence-electron chi connectivity index (χ3n) is 5.41. The monoisotopic (exact) mass is 415 g/mol. The van der Waals surface area contributed by atoms with Crippen LogP contribution in [0.2, 0.25) is 0 Å². The summed E-state index contributed by atoms with van der Waals surface area (Å²) in [5.41, 5.74) is 2.01. The van der Waals surface area contributed by atoms with E-state index in [0.29, 0.717) is 30.4 Å². The normalized spacial score (nSPS) is 15.8. The third kappa shape index (κ3) is 5.81. The summed E-state index contributed by atoms with van der Waals surface area (Å²) in [6, 6.07) is 16.2. The molecule has 0 saturated carbocycles. The first-order chi connectivity index (χ1) is 14.0. The second-order valence-corrected chi connectivity index (χ2v) is 9.32. The van der Waals surface area contributed by atoms with Crippen LogP contribution in [0.25, 0.3) is 0 Å². The Morgan fingerprint density at radius 3 is 2.31 bits per heavy atom. The van der Waals surface area contributed by atoms with Gasteiger partial charge in [0.05, 0.1) is 4.90 Å². The van der Waals surface area contributed by atoms with Gasteiger partial charge in [-0.1, -0.05) is 37.3 Å². The van der Waals surface area contributed by atoms with Gasteiger partial charge in [0, 0.05) is 25.3 Å². The van der Waals surface area contributed by atoms with Crippen LogP contribution in [0, 0.1) is 5.92 Å². The second kappa shape index (κ2) is 9.89. The molecule has 2 aromatic rings. The van der Waals surface area contributed by atoms with Gasteiger partial charge >= 0.3 is 6.03 Å². The van der Waals surface area contributed by atoms with Crippen LogP contribution >= 0.6 is 0 Å². The van der Waals surface area contributed by atoms with Crippen molar-refractivity contribution in [3.8, 4) is 0 Å². The van der Waals surface area contributed by atoms with Crippen molar-refractivity contribution in [1.29, 1.82) is 0 Å². The van der Waals surface area contributed by atoms with Crippen molar-refractivity contribution in [2.45, 2.75) is 37.5 Å². The number of amides is 2. The molecule has 0 radical (unpaired) electrons. The minimum absolute atomic E-state index is 0.210. The molecule has 0 unspecified atom stereocenters. The van der Waals surface area contributed by atoms with Crippen LogP contribution in [0.1, 0.15) is 31.7 Å². The zero-order valence-corrected chi connectivity index (χ0v) is 17.6. The Bertz CT molecular complexity index is 891. The molecule has 0 atom stereocenters. The van der Waals surface area contributed by atoms with Crippen LogP contribution in [0.5, 0.6) is 0 Å². The van der Waals surface area contributed by atoms with E-state index in [1.807, 2.05) is 30.3 Å². The van der Waals surface area contributed by atoms with Crippen LogP contribution in [0.3, 0.4) is 0 Å². The predicted molar refractivity (Wildman–Crippen MR) is 115 cm³/mol. The molecule has 29 heavy (non-hydrogen) atoms. The van der Waals surface area contributed by atoms with Crippen molar-refractivity contribution in [1.82, 2.24) is 9.62 Å². The first-order valence-corrected chi connectivity index (χ1v) is 11.6. The van der Waals surface area contributed by atoms with Crippen molar-refractivity contribution in [3.63, 3.8) is 0 Å². The number of nitrogens with one attached hydrogen (secondary N) is 2. The van der Waals surface area contributed by atoms with E-state index in [4.69, 9.17) is 0 Å². The number of piperidine rings is 1. The van der Waals surface area contributed by atoms with Crippen molar-refractivity contribution in [3.05, 3.63) is 60.2 Å². The second-order valence-electron chi connectivity index (χ2n) is 7.38. The molecule has 1 aliphatic rings. The molecule has 2 aromatic carbocycles. The van der Waals surface area contributed by atoms with Gasteiger partial charge in [0.2, 0.25) is 10.0 Å². The molecule has 2 N–H and O–H groups in total. The number of carbonyl (C=O) groups is 1. The van der Waals surface area contributed by atoms with Crippen LogP contribution in [-0.4, -0.2) is 38.4 Å². The van der Waals surface area contributed by atoms with Gasteiger partial charge in [0.15, 0.2) is 0 Å². The Hall–Kier alpha value is -2.38. The number of aryl methyl sites for hydroxylation is 1. The molecule has 0 spiro atoms. The minimum Gasteiger partial charge on any atom is -0.338 e. The summed E-state index contributed by atoms with van der Waals surface area (Å²) in [7, 11) is -3.41. The molecule has 6 nitrogen and oxygen atoms in total. The molecule has 1 aliphatic heterocycles. The maximum Gasteiger partial charge on any atom is 0.319 e. The van der Waals surface area contributed by atoms with Crippen LogP contribution in [0.15, 0.2) is 59.5 Å². The Kier molecular flexibility index (Phi) is 7.28. The van der Waals surface area contributed by atoms with Crippen molar-refractivity contribution < 1.29 is 13.2 Å². The van der Waals surface area contributed by atoms with E-state index in [1.54, 1.807) is 28.6 Å². The van der Waals surface area contributed by atoms with E-state index in [2.05, 4.69) is 17.6 Å². The number of benzene rings is 2. The molecule has 1 fully saturated rings. The SMILES string of the molecule is CCc1ccc(NC(=O)NCCC2CCN(S(=O)(=O)c3ccccc3)CC2)cc1. The number of sulfonamides is 1. The molecule has 0 aliphatic carbocycles. The van der Waals surface area contributed by atoms with Gasteiger partial charge in [0.1, 0.15) is 0 Å². The molecule has 1 saturated heterocycles. The smallest absolute Gasteiger partial charge is 0.319 e. The summed E-state index contributed by atoms with van der Waals surface area (Å²) in [5.74, 6) is 0.418. The number of anilines is 1. The summed E-state index contributed by atoms with van der Waals surface area (Å²) in [4.78, 5) is 12.4. The molecule has 0 bridgehead atoms. The highest BCUT2D eigenvalue weighted by Crippen LogP contribution is 2.25. The average molecular weight is 416 g/mol. The number of nitrogens with zero attached hydrogens (tertiary/aromatic N) is 1. The Balaban J connectivity index is 1.39.